The topological polar surface area (TPSA) is 130 Å². The van der Waals surface area contributed by atoms with Gasteiger partial charge in [0.1, 0.15) is 0 Å². The second kappa shape index (κ2) is 5.11. The standard InChI is InChI=1S/C10H16N6O2S/c1-6-8(4-12-14-6)5-13-19(17,18)10-9(3-11)7(2)15-16-10/h4,13H,3,5,11H2,1-2H3,(H,12,14)(H,15,16). The first-order chi connectivity index (χ1) is 8.95. The summed E-state index contributed by atoms with van der Waals surface area (Å²) in [5.41, 5.74) is 8.29. The molecule has 0 aromatic carbocycles. The summed E-state index contributed by atoms with van der Waals surface area (Å²) in [7, 11) is -3.69. The molecule has 2 heterocycles. The normalized spacial score (nSPS) is 11.9. The highest BCUT2D eigenvalue weighted by Gasteiger charge is 2.23. The van der Waals surface area contributed by atoms with Crippen molar-refractivity contribution in [2.75, 3.05) is 0 Å². The van der Waals surface area contributed by atoms with Gasteiger partial charge in [0.05, 0.1) is 6.20 Å². The minimum absolute atomic E-state index is 0.0475. The number of H-pyrrole nitrogens is 2. The monoisotopic (exact) mass is 284 g/mol. The molecular formula is C10H16N6O2S. The van der Waals surface area contributed by atoms with E-state index in [0.717, 1.165) is 11.3 Å². The molecule has 2 aromatic rings. The van der Waals surface area contributed by atoms with Crippen molar-refractivity contribution < 1.29 is 8.42 Å². The number of nitrogens with one attached hydrogen (secondary N) is 3. The Hall–Kier alpha value is -1.71. The highest BCUT2D eigenvalue weighted by molar-refractivity contribution is 7.89. The lowest BCUT2D eigenvalue weighted by molar-refractivity contribution is 0.575. The average molecular weight is 284 g/mol. The zero-order valence-electron chi connectivity index (χ0n) is 10.7. The lowest BCUT2D eigenvalue weighted by atomic mass is 10.3. The third-order valence-electron chi connectivity index (χ3n) is 2.88. The number of nitrogens with zero attached hydrogens (tertiary/aromatic N) is 2. The predicted molar refractivity (Wildman–Crippen MR) is 68.6 cm³/mol. The van der Waals surface area contributed by atoms with E-state index >= 15 is 0 Å². The lowest BCUT2D eigenvalue weighted by Gasteiger charge is -2.05. The van der Waals surface area contributed by atoms with Crippen LogP contribution in [0.15, 0.2) is 11.2 Å². The number of aryl methyl sites for hydroxylation is 2. The van der Waals surface area contributed by atoms with Crippen LogP contribution in [-0.2, 0) is 23.1 Å². The van der Waals surface area contributed by atoms with Crippen LogP contribution >= 0.6 is 0 Å². The van der Waals surface area contributed by atoms with Crippen molar-refractivity contribution in [3.8, 4) is 0 Å². The molecule has 0 spiro atoms. The van der Waals surface area contributed by atoms with Crippen LogP contribution in [0.25, 0.3) is 0 Å². The van der Waals surface area contributed by atoms with Crippen molar-refractivity contribution in [3.05, 3.63) is 28.7 Å². The summed E-state index contributed by atoms with van der Waals surface area (Å²) < 4.78 is 26.8. The highest BCUT2D eigenvalue weighted by atomic mass is 32.2. The maximum atomic E-state index is 12.2. The van der Waals surface area contributed by atoms with Crippen molar-refractivity contribution >= 4 is 10.0 Å². The SMILES string of the molecule is Cc1[nH]ncc1CNS(=O)(=O)c1n[nH]c(C)c1CN. The highest BCUT2D eigenvalue weighted by Crippen LogP contribution is 2.15. The van der Waals surface area contributed by atoms with Crippen LogP contribution in [0.5, 0.6) is 0 Å². The first-order valence-electron chi connectivity index (χ1n) is 5.68. The van der Waals surface area contributed by atoms with Gasteiger partial charge in [0.2, 0.25) is 0 Å². The van der Waals surface area contributed by atoms with Crippen molar-refractivity contribution in [1.82, 2.24) is 25.1 Å². The number of aromatic nitrogens is 4. The van der Waals surface area contributed by atoms with Crippen molar-refractivity contribution in [3.63, 3.8) is 0 Å². The molecule has 5 N–H and O–H groups in total. The Bertz CT molecular complexity index is 672. The van der Waals surface area contributed by atoms with Gasteiger partial charge in [0.15, 0.2) is 5.03 Å². The fraction of sp³-hybridized carbons (Fsp3) is 0.400. The molecule has 2 rings (SSSR count). The molecule has 0 amide bonds. The zero-order chi connectivity index (χ0) is 14.0. The summed E-state index contributed by atoms with van der Waals surface area (Å²) in [5, 5.41) is 13.0. The van der Waals surface area contributed by atoms with Crippen LogP contribution in [-0.4, -0.2) is 28.8 Å². The Morgan fingerprint density at radius 3 is 2.63 bits per heavy atom. The third kappa shape index (κ3) is 2.67. The van der Waals surface area contributed by atoms with Crippen LogP contribution in [0.1, 0.15) is 22.5 Å². The third-order valence-corrected chi connectivity index (χ3v) is 4.25. The fourth-order valence-corrected chi connectivity index (χ4v) is 2.90. The molecule has 104 valence electrons. The number of aromatic amines is 2. The van der Waals surface area contributed by atoms with Gasteiger partial charge in [-0.1, -0.05) is 0 Å². The van der Waals surface area contributed by atoms with Gasteiger partial charge in [-0.25, -0.2) is 13.1 Å². The summed E-state index contributed by atoms with van der Waals surface area (Å²) in [5.74, 6) is 0. The van der Waals surface area contributed by atoms with E-state index in [1.807, 2.05) is 6.92 Å². The quantitative estimate of drug-likeness (QED) is 0.598. The molecule has 0 atom stereocenters. The first-order valence-corrected chi connectivity index (χ1v) is 7.16. The Labute approximate surface area is 110 Å². The van der Waals surface area contributed by atoms with Gasteiger partial charge in [-0.2, -0.15) is 10.2 Å². The van der Waals surface area contributed by atoms with Crippen LogP contribution in [0.2, 0.25) is 0 Å². The maximum Gasteiger partial charge on any atom is 0.260 e. The lowest BCUT2D eigenvalue weighted by Crippen LogP contribution is -2.25. The molecule has 9 heteroatoms. The van der Waals surface area contributed by atoms with Gasteiger partial charge in [-0.05, 0) is 13.8 Å². The fourth-order valence-electron chi connectivity index (χ4n) is 1.69. The molecule has 0 saturated heterocycles. The Balaban J connectivity index is 2.21. The number of hydrogen-bond donors (Lipinski definition) is 4. The molecule has 19 heavy (non-hydrogen) atoms. The summed E-state index contributed by atoms with van der Waals surface area (Å²) >= 11 is 0. The summed E-state index contributed by atoms with van der Waals surface area (Å²) in [4.78, 5) is 0. The first kappa shape index (κ1) is 13.7. The van der Waals surface area contributed by atoms with Crippen LogP contribution in [0.3, 0.4) is 0 Å². The Morgan fingerprint density at radius 1 is 1.32 bits per heavy atom. The van der Waals surface area contributed by atoms with E-state index in [2.05, 4.69) is 25.1 Å². The second-order valence-electron chi connectivity index (χ2n) is 4.18. The van der Waals surface area contributed by atoms with E-state index in [1.54, 1.807) is 13.1 Å². The molecule has 0 unspecified atom stereocenters. The molecule has 0 aliphatic rings. The zero-order valence-corrected chi connectivity index (χ0v) is 11.5. The van der Waals surface area contributed by atoms with Gasteiger partial charge in [-0.3, -0.25) is 10.2 Å². The van der Waals surface area contributed by atoms with Crippen LogP contribution in [0, 0.1) is 13.8 Å². The maximum absolute atomic E-state index is 12.2. The van der Waals surface area contributed by atoms with E-state index in [0.29, 0.717) is 11.3 Å². The van der Waals surface area contributed by atoms with E-state index < -0.39 is 10.0 Å². The minimum Gasteiger partial charge on any atom is -0.326 e. The van der Waals surface area contributed by atoms with Crippen LogP contribution < -0.4 is 10.5 Å². The van der Waals surface area contributed by atoms with Gasteiger partial charge in [0.25, 0.3) is 10.0 Å². The Kier molecular flexibility index (Phi) is 3.69. The van der Waals surface area contributed by atoms with E-state index in [-0.39, 0.29) is 18.1 Å². The summed E-state index contributed by atoms with van der Waals surface area (Å²) in [6.45, 7) is 3.82. The molecule has 0 aliphatic heterocycles. The molecule has 0 aliphatic carbocycles. The number of sulfonamides is 1. The van der Waals surface area contributed by atoms with Crippen molar-refractivity contribution in [2.24, 2.45) is 5.73 Å². The molecule has 0 bridgehead atoms. The van der Waals surface area contributed by atoms with Crippen LogP contribution in [0.4, 0.5) is 0 Å². The minimum atomic E-state index is -3.69. The van der Waals surface area contributed by atoms with Gasteiger partial charge >= 0.3 is 0 Å². The molecule has 2 aromatic heterocycles. The number of rotatable bonds is 5. The number of nitrogens with two attached hydrogens (primary N) is 1. The molecule has 8 nitrogen and oxygen atoms in total. The summed E-state index contributed by atoms with van der Waals surface area (Å²) in [6, 6.07) is 0. The number of hydrogen-bond acceptors (Lipinski definition) is 5. The van der Waals surface area contributed by atoms with Gasteiger partial charge < -0.3 is 5.73 Å². The van der Waals surface area contributed by atoms with E-state index in [1.165, 1.54) is 0 Å². The Morgan fingerprint density at radius 2 is 2.05 bits per heavy atom. The molecule has 0 radical (unpaired) electrons. The van der Waals surface area contributed by atoms with Crippen molar-refractivity contribution in [2.45, 2.75) is 32.0 Å². The summed E-state index contributed by atoms with van der Waals surface area (Å²) in [6.07, 6.45) is 1.58. The van der Waals surface area contributed by atoms with Crippen molar-refractivity contribution in [1.29, 1.82) is 0 Å². The van der Waals surface area contributed by atoms with Gasteiger partial charge in [0, 0.05) is 35.6 Å². The second-order valence-corrected chi connectivity index (χ2v) is 5.86. The predicted octanol–water partition coefficient (Wildman–Crippen LogP) is -0.313. The molecule has 0 fully saturated rings. The molecule has 0 saturated carbocycles. The average Bonchev–Trinajstić information content (AvgIpc) is 2.93. The van der Waals surface area contributed by atoms with Gasteiger partial charge in [-0.15, -0.1) is 0 Å². The smallest absolute Gasteiger partial charge is 0.260 e. The van der Waals surface area contributed by atoms with E-state index in [4.69, 9.17) is 5.73 Å². The molecular weight excluding hydrogens is 268 g/mol. The largest absolute Gasteiger partial charge is 0.326 e. The van der Waals surface area contributed by atoms with E-state index in [9.17, 15) is 8.42 Å².